The van der Waals surface area contributed by atoms with E-state index < -0.39 is 0 Å². The number of benzene rings is 2. The largest absolute Gasteiger partial charge is 0.127 e. The standard InChI is InChI=1S/C25H14S2/c1-2-6-18(7-3-1)10-12-20-16-22-23-17-21(13-11-19-8-4-5-9-19)27-25(23)15-14-24(22)26-20/h1-8,14-17H,9H2. The maximum atomic E-state index is 3.33. The van der Waals surface area contributed by atoms with E-state index in [1.165, 1.54) is 25.7 Å². The number of hydrogen-bond donors (Lipinski definition) is 0. The Labute approximate surface area is 166 Å². The van der Waals surface area contributed by atoms with E-state index in [1.807, 2.05) is 30.3 Å². The normalized spacial score (nSPS) is 12.5. The monoisotopic (exact) mass is 378 g/mol. The first-order valence-electron chi connectivity index (χ1n) is 8.76. The molecular weight excluding hydrogens is 364 g/mol. The molecule has 0 saturated heterocycles. The van der Waals surface area contributed by atoms with Crippen LogP contribution in [-0.4, -0.2) is 0 Å². The average Bonchev–Trinajstić information content (AvgIpc) is 3.43. The summed E-state index contributed by atoms with van der Waals surface area (Å²) in [4.78, 5) is 2.22. The Morgan fingerprint density at radius 1 is 0.704 bits per heavy atom. The van der Waals surface area contributed by atoms with Gasteiger partial charge in [0.2, 0.25) is 0 Å². The van der Waals surface area contributed by atoms with Gasteiger partial charge in [-0.2, -0.15) is 0 Å². The van der Waals surface area contributed by atoms with E-state index in [0.29, 0.717) is 0 Å². The van der Waals surface area contributed by atoms with Gasteiger partial charge in [-0.05, 0) is 42.8 Å². The lowest BCUT2D eigenvalue weighted by atomic mass is 10.1. The van der Waals surface area contributed by atoms with Crippen molar-refractivity contribution in [3.63, 3.8) is 0 Å². The van der Waals surface area contributed by atoms with Gasteiger partial charge in [0.15, 0.2) is 0 Å². The Balaban J connectivity index is 1.53. The molecule has 0 fully saturated rings. The van der Waals surface area contributed by atoms with E-state index in [4.69, 9.17) is 0 Å². The Hall–Kier alpha value is -3.04. The first kappa shape index (κ1) is 16.2. The first-order chi connectivity index (χ1) is 13.3. The molecule has 1 aliphatic rings. The number of thiophene rings is 2. The highest BCUT2D eigenvalue weighted by molar-refractivity contribution is 7.21. The Morgan fingerprint density at radius 3 is 2.00 bits per heavy atom. The van der Waals surface area contributed by atoms with Gasteiger partial charge >= 0.3 is 0 Å². The van der Waals surface area contributed by atoms with E-state index in [-0.39, 0.29) is 0 Å². The molecule has 4 aromatic rings. The molecule has 126 valence electrons. The minimum Gasteiger partial charge on any atom is -0.127 e. The SMILES string of the molecule is C(#Cc1cc2c(ccc3sc(C#Cc4ccccc4)cc32)s1)C1=CC=CC1. The van der Waals surface area contributed by atoms with Crippen LogP contribution in [0.5, 0.6) is 0 Å². The molecule has 0 radical (unpaired) electrons. The van der Waals surface area contributed by atoms with E-state index in [0.717, 1.165) is 21.7 Å². The summed E-state index contributed by atoms with van der Waals surface area (Å²) in [5.74, 6) is 13.2. The van der Waals surface area contributed by atoms with Crippen LogP contribution in [0.1, 0.15) is 21.7 Å². The molecule has 0 atom stereocenters. The summed E-state index contributed by atoms with van der Waals surface area (Å²) in [6, 6.07) is 19.0. The zero-order chi connectivity index (χ0) is 18.1. The highest BCUT2D eigenvalue weighted by Gasteiger charge is 2.08. The van der Waals surface area contributed by atoms with Crippen molar-refractivity contribution in [1.82, 2.24) is 0 Å². The molecule has 2 aromatic carbocycles. The number of allylic oxidation sites excluding steroid dienone is 4. The molecule has 0 aliphatic heterocycles. The molecule has 1 aliphatic carbocycles. The summed E-state index contributed by atoms with van der Waals surface area (Å²) in [5, 5.41) is 2.56. The van der Waals surface area contributed by atoms with Crippen molar-refractivity contribution in [2.75, 3.05) is 0 Å². The fraction of sp³-hybridized carbons (Fsp3) is 0.0400. The molecule has 0 saturated carbocycles. The van der Waals surface area contributed by atoms with Crippen molar-refractivity contribution in [3.05, 3.63) is 93.7 Å². The second-order valence-corrected chi connectivity index (χ2v) is 8.47. The fourth-order valence-corrected chi connectivity index (χ4v) is 4.95. The lowest BCUT2D eigenvalue weighted by Gasteiger charge is -1.90. The summed E-state index contributed by atoms with van der Waals surface area (Å²) in [5.41, 5.74) is 2.23. The quantitative estimate of drug-likeness (QED) is 0.297. The van der Waals surface area contributed by atoms with Crippen molar-refractivity contribution in [1.29, 1.82) is 0 Å². The van der Waals surface area contributed by atoms with Gasteiger partial charge in [0, 0.05) is 31.3 Å². The molecule has 0 unspecified atom stereocenters. The summed E-state index contributed by atoms with van der Waals surface area (Å²) in [6.07, 6.45) is 7.26. The van der Waals surface area contributed by atoms with Crippen LogP contribution in [0.4, 0.5) is 0 Å². The van der Waals surface area contributed by atoms with Crippen LogP contribution in [0.25, 0.3) is 20.2 Å². The molecule has 0 N–H and O–H groups in total. The Morgan fingerprint density at radius 2 is 1.37 bits per heavy atom. The maximum absolute atomic E-state index is 3.33. The van der Waals surface area contributed by atoms with E-state index in [2.05, 4.69) is 66.2 Å². The lowest BCUT2D eigenvalue weighted by Crippen LogP contribution is -1.70. The molecule has 0 spiro atoms. The van der Waals surface area contributed by atoms with Gasteiger partial charge < -0.3 is 0 Å². The fourth-order valence-electron chi connectivity index (χ4n) is 3.09. The molecule has 2 heterocycles. The number of rotatable bonds is 0. The van der Waals surface area contributed by atoms with E-state index in [9.17, 15) is 0 Å². The highest BCUT2D eigenvalue weighted by Crippen LogP contribution is 2.36. The van der Waals surface area contributed by atoms with Gasteiger partial charge in [-0.1, -0.05) is 60.1 Å². The number of fused-ring (bicyclic) bond motifs is 3. The van der Waals surface area contributed by atoms with Crippen LogP contribution in [0.3, 0.4) is 0 Å². The van der Waals surface area contributed by atoms with Crippen molar-refractivity contribution in [2.45, 2.75) is 6.42 Å². The molecule has 0 amide bonds. The van der Waals surface area contributed by atoms with Gasteiger partial charge in [-0.3, -0.25) is 0 Å². The van der Waals surface area contributed by atoms with Gasteiger partial charge in [0.1, 0.15) is 0 Å². The van der Waals surface area contributed by atoms with Crippen molar-refractivity contribution in [2.24, 2.45) is 0 Å². The van der Waals surface area contributed by atoms with Crippen molar-refractivity contribution in [3.8, 4) is 23.7 Å². The molecular formula is C25H14S2. The predicted molar refractivity (Wildman–Crippen MR) is 118 cm³/mol. The second-order valence-electron chi connectivity index (χ2n) is 6.30. The Kier molecular flexibility index (Phi) is 4.15. The maximum Gasteiger partial charge on any atom is 0.0785 e. The highest BCUT2D eigenvalue weighted by atomic mass is 32.1. The summed E-state index contributed by atoms with van der Waals surface area (Å²) < 4.78 is 2.56. The van der Waals surface area contributed by atoms with Gasteiger partial charge in [-0.25, -0.2) is 0 Å². The smallest absolute Gasteiger partial charge is 0.0785 e. The Bertz CT molecular complexity index is 1340. The van der Waals surface area contributed by atoms with E-state index in [1.54, 1.807) is 22.7 Å². The minimum absolute atomic E-state index is 0.954. The summed E-state index contributed by atoms with van der Waals surface area (Å²) in [7, 11) is 0. The molecule has 0 bridgehead atoms. The molecule has 0 nitrogen and oxygen atoms in total. The zero-order valence-electron chi connectivity index (χ0n) is 14.5. The average molecular weight is 379 g/mol. The van der Waals surface area contributed by atoms with Gasteiger partial charge in [0.25, 0.3) is 0 Å². The molecule has 27 heavy (non-hydrogen) atoms. The topological polar surface area (TPSA) is 0 Å². The van der Waals surface area contributed by atoms with Crippen LogP contribution in [0.15, 0.2) is 78.4 Å². The summed E-state index contributed by atoms with van der Waals surface area (Å²) >= 11 is 3.51. The molecule has 2 heteroatoms. The lowest BCUT2D eigenvalue weighted by molar-refractivity contribution is 1.36. The summed E-state index contributed by atoms with van der Waals surface area (Å²) in [6.45, 7) is 0. The minimum atomic E-state index is 0.954. The van der Waals surface area contributed by atoms with Crippen molar-refractivity contribution >= 4 is 42.8 Å². The second kappa shape index (κ2) is 6.93. The molecule has 5 rings (SSSR count). The third-order valence-electron chi connectivity index (χ3n) is 4.42. The third-order valence-corrected chi connectivity index (χ3v) is 6.45. The number of hydrogen-bond acceptors (Lipinski definition) is 2. The van der Waals surface area contributed by atoms with Crippen LogP contribution in [0.2, 0.25) is 0 Å². The first-order valence-corrected chi connectivity index (χ1v) is 10.4. The van der Waals surface area contributed by atoms with Gasteiger partial charge in [-0.15, -0.1) is 22.7 Å². The molecule has 2 aromatic heterocycles. The van der Waals surface area contributed by atoms with Crippen LogP contribution in [0, 0.1) is 23.7 Å². The van der Waals surface area contributed by atoms with Crippen LogP contribution >= 0.6 is 22.7 Å². The van der Waals surface area contributed by atoms with Crippen LogP contribution < -0.4 is 0 Å². The predicted octanol–water partition coefficient (Wildman–Crippen LogP) is 6.75. The zero-order valence-corrected chi connectivity index (χ0v) is 16.1. The van der Waals surface area contributed by atoms with Crippen molar-refractivity contribution < 1.29 is 0 Å². The van der Waals surface area contributed by atoms with Gasteiger partial charge in [0.05, 0.1) is 9.75 Å². The third kappa shape index (κ3) is 3.34. The van der Waals surface area contributed by atoms with Crippen LogP contribution in [-0.2, 0) is 0 Å². The van der Waals surface area contributed by atoms with E-state index >= 15 is 0 Å².